The molecule has 0 saturated carbocycles. The molecule has 2 amide bonds. The number of hydrogen-bond donors (Lipinski definition) is 1. The number of nitrogens with zero attached hydrogens (tertiary/aromatic N) is 5. The third kappa shape index (κ3) is 2.33. The van der Waals surface area contributed by atoms with Crippen LogP contribution in [0.15, 0.2) is 18.5 Å². The number of carbonyl (C=O) groups is 2. The standard InChI is InChI=1S/C14H16N6O3/c1-18-8-9(7-15-18)19-3-2-10(14(19)22)16-13(21)11-6-12-20(17-11)4-5-23-12/h6-8,10H,2-5H2,1H3,(H,16,21). The summed E-state index contributed by atoms with van der Waals surface area (Å²) in [4.78, 5) is 26.3. The molecule has 2 aliphatic heterocycles. The lowest BCUT2D eigenvalue weighted by atomic mass is 10.2. The van der Waals surface area contributed by atoms with E-state index < -0.39 is 6.04 Å². The minimum atomic E-state index is -0.542. The molecule has 4 rings (SSSR count). The van der Waals surface area contributed by atoms with Crippen LogP contribution < -0.4 is 15.0 Å². The van der Waals surface area contributed by atoms with Crippen LogP contribution in [0.4, 0.5) is 5.69 Å². The molecule has 1 saturated heterocycles. The van der Waals surface area contributed by atoms with Crippen LogP contribution in [0.1, 0.15) is 16.9 Å². The molecule has 0 bridgehead atoms. The average molecular weight is 316 g/mol. The maximum Gasteiger partial charge on any atom is 0.272 e. The minimum absolute atomic E-state index is 0.130. The highest BCUT2D eigenvalue weighted by atomic mass is 16.5. The molecular formula is C14H16N6O3. The molecular weight excluding hydrogens is 300 g/mol. The number of aryl methyl sites for hydroxylation is 1. The Hall–Kier alpha value is -2.84. The maximum atomic E-state index is 12.4. The number of anilines is 1. The van der Waals surface area contributed by atoms with Crippen molar-refractivity contribution in [2.24, 2.45) is 7.05 Å². The van der Waals surface area contributed by atoms with Gasteiger partial charge in [0.2, 0.25) is 11.8 Å². The fourth-order valence-electron chi connectivity index (χ4n) is 2.87. The van der Waals surface area contributed by atoms with Crippen molar-refractivity contribution in [2.75, 3.05) is 18.1 Å². The van der Waals surface area contributed by atoms with Gasteiger partial charge in [0.05, 0.1) is 18.4 Å². The van der Waals surface area contributed by atoms with Gasteiger partial charge in [-0.2, -0.15) is 10.2 Å². The van der Waals surface area contributed by atoms with Crippen LogP contribution in [0.3, 0.4) is 0 Å². The molecule has 1 fully saturated rings. The molecule has 1 N–H and O–H groups in total. The first kappa shape index (κ1) is 13.8. The number of rotatable bonds is 3. The Labute approximate surface area is 131 Å². The van der Waals surface area contributed by atoms with Crippen LogP contribution in [0.25, 0.3) is 0 Å². The lowest BCUT2D eigenvalue weighted by Gasteiger charge is -2.14. The summed E-state index contributed by atoms with van der Waals surface area (Å²) in [7, 11) is 1.79. The Morgan fingerprint density at radius 2 is 2.30 bits per heavy atom. The van der Waals surface area contributed by atoms with Gasteiger partial charge in [-0.15, -0.1) is 0 Å². The van der Waals surface area contributed by atoms with Crippen LogP contribution >= 0.6 is 0 Å². The molecule has 2 aromatic heterocycles. The van der Waals surface area contributed by atoms with Crippen LogP contribution in [0, 0.1) is 0 Å². The zero-order valence-corrected chi connectivity index (χ0v) is 12.6. The topological polar surface area (TPSA) is 94.3 Å². The average Bonchev–Trinajstić information content (AvgIpc) is 3.24. The van der Waals surface area contributed by atoms with E-state index in [9.17, 15) is 9.59 Å². The molecule has 0 aromatic carbocycles. The summed E-state index contributed by atoms with van der Waals surface area (Å²) in [6, 6.07) is 1.06. The van der Waals surface area contributed by atoms with Gasteiger partial charge < -0.3 is 15.0 Å². The van der Waals surface area contributed by atoms with Crippen LogP contribution in [0.2, 0.25) is 0 Å². The molecule has 1 unspecified atom stereocenters. The van der Waals surface area contributed by atoms with E-state index >= 15 is 0 Å². The van der Waals surface area contributed by atoms with Gasteiger partial charge in [0.15, 0.2) is 5.69 Å². The molecule has 0 aliphatic carbocycles. The van der Waals surface area contributed by atoms with Crippen molar-refractivity contribution in [2.45, 2.75) is 19.0 Å². The molecule has 1 atom stereocenters. The third-order valence-corrected chi connectivity index (χ3v) is 4.04. The van der Waals surface area contributed by atoms with Gasteiger partial charge >= 0.3 is 0 Å². The monoisotopic (exact) mass is 316 g/mol. The van der Waals surface area contributed by atoms with Gasteiger partial charge in [-0.25, -0.2) is 4.68 Å². The van der Waals surface area contributed by atoms with E-state index in [2.05, 4.69) is 15.5 Å². The third-order valence-electron chi connectivity index (χ3n) is 4.04. The first-order chi connectivity index (χ1) is 11.1. The van der Waals surface area contributed by atoms with Crippen molar-refractivity contribution in [3.63, 3.8) is 0 Å². The zero-order valence-electron chi connectivity index (χ0n) is 12.6. The Morgan fingerprint density at radius 1 is 1.43 bits per heavy atom. The lowest BCUT2D eigenvalue weighted by molar-refractivity contribution is -0.118. The second-order valence-corrected chi connectivity index (χ2v) is 5.62. The SMILES string of the molecule is Cn1cc(N2CCC(NC(=O)c3cc4n(n3)CCO4)C2=O)cn1. The Balaban J connectivity index is 1.44. The van der Waals surface area contributed by atoms with E-state index in [0.717, 1.165) is 5.69 Å². The van der Waals surface area contributed by atoms with Crippen molar-refractivity contribution in [1.29, 1.82) is 0 Å². The van der Waals surface area contributed by atoms with E-state index in [-0.39, 0.29) is 17.5 Å². The summed E-state index contributed by atoms with van der Waals surface area (Å²) in [5.41, 5.74) is 1.01. The second kappa shape index (κ2) is 5.11. The normalized spacial score (nSPS) is 19.8. The highest BCUT2D eigenvalue weighted by molar-refractivity contribution is 6.03. The van der Waals surface area contributed by atoms with E-state index in [4.69, 9.17) is 4.74 Å². The highest BCUT2D eigenvalue weighted by Crippen LogP contribution is 2.22. The molecule has 2 aromatic rings. The Kier molecular flexibility index (Phi) is 3.07. The molecule has 9 heteroatoms. The van der Waals surface area contributed by atoms with Gasteiger partial charge in [-0.3, -0.25) is 14.3 Å². The predicted molar refractivity (Wildman–Crippen MR) is 79.2 cm³/mol. The molecule has 2 aliphatic rings. The van der Waals surface area contributed by atoms with Gasteiger partial charge in [0, 0.05) is 25.9 Å². The summed E-state index contributed by atoms with van der Waals surface area (Å²) < 4.78 is 8.62. The fraction of sp³-hybridized carbons (Fsp3) is 0.429. The largest absolute Gasteiger partial charge is 0.476 e. The van der Waals surface area contributed by atoms with E-state index in [1.54, 1.807) is 39.8 Å². The van der Waals surface area contributed by atoms with Crippen molar-refractivity contribution in [3.8, 4) is 5.88 Å². The van der Waals surface area contributed by atoms with Crippen molar-refractivity contribution >= 4 is 17.5 Å². The van der Waals surface area contributed by atoms with E-state index in [0.29, 0.717) is 32.0 Å². The number of ether oxygens (including phenoxy) is 1. The fourth-order valence-corrected chi connectivity index (χ4v) is 2.87. The molecule has 4 heterocycles. The Morgan fingerprint density at radius 3 is 3.04 bits per heavy atom. The molecule has 0 spiro atoms. The predicted octanol–water partition coefficient (Wildman–Crippen LogP) is -0.456. The summed E-state index contributed by atoms with van der Waals surface area (Å²) in [6.45, 7) is 1.77. The van der Waals surface area contributed by atoms with Crippen LogP contribution in [-0.2, 0) is 18.4 Å². The molecule has 9 nitrogen and oxygen atoms in total. The zero-order chi connectivity index (χ0) is 16.0. The van der Waals surface area contributed by atoms with Gasteiger partial charge in [0.1, 0.15) is 12.6 Å². The minimum Gasteiger partial charge on any atom is -0.476 e. The maximum absolute atomic E-state index is 12.4. The van der Waals surface area contributed by atoms with E-state index in [1.807, 2.05) is 0 Å². The van der Waals surface area contributed by atoms with Crippen molar-refractivity contribution < 1.29 is 14.3 Å². The lowest BCUT2D eigenvalue weighted by Crippen LogP contribution is -2.41. The number of hydrogen-bond acceptors (Lipinski definition) is 5. The highest BCUT2D eigenvalue weighted by Gasteiger charge is 2.35. The smallest absolute Gasteiger partial charge is 0.272 e. The van der Waals surface area contributed by atoms with Crippen molar-refractivity contribution in [3.05, 3.63) is 24.2 Å². The molecule has 23 heavy (non-hydrogen) atoms. The first-order valence-corrected chi connectivity index (χ1v) is 7.43. The number of fused-ring (bicyclic) bond motifs is 1. The van der Waals surface area contributed by atoms with Crippen LogP contribution in [-0.4, -0.2) is 50.6 Å². The molecule has 0 radical (unpaired) electrons. The summed E-state index contributed by atoms with van der Waals surface area (Å²) in [5.74, 6) is 0.0983. The van der Waals surface area contributed by atoms with Gasteiger partial charge in [0.25, 0.3) is 5.91 Å². The number of carbonyl (C=O) groups excluding carboxylic acids is 2. The molecule has 120 valence electrons. The van der Waals surface area contributed by atoms with Gasteiger partial charge in [-0.1, -0.05) is 0 Å². The number of aromatic nitrogens is 4. The van der Waals surface area contributed by atoms with Gasteiger partial charge in [-0.05, 0) is 6.42 Å². The second-order valence-electron chi connectivity index (χ2n) is 5.62. The van der Waals surface area contributed by atoms with Crippen molar-refractivity contribution in [1.82, 2.24) is 24.9 Å². The van der Waals surface area contributed by atoms with Crippen LogP contribution in [0.5, 0.6) is 5.88 Å². The van der Waals surface area contributed by atoms with E-state index in [1.165, 1.54) is 0 Å². The summed E-state index contributed by atoms with van der Waals surface area (Å²) >= 11 is 0. The Bertz CT molecular complexity index is 758. The quantitative estimate of drug-likeness (QED) is 0.827. The number of nitrogens with one attached hydrogen (secondary N) is 1. The first-order valence-electron chi connectivity index (χ1n) is 7.43. The number of amides is 2. The summed E-state index contributed by atoms with van der Waals surface area (Å²) in [6.07, 6.45) is 3.97. The summed E-state index contributed by atoms with van der Waals surface area (Å²) in [5, 5.41) is 11.0.